The molecule has 0 bridgehead atoms. The summed E-state index contributed by atoms with van der Waals surface area (Å²) in [7, 11) is -4.77. The molecule has 0 aliphatic rings. The second-order valence-corrected chi connectivity index (χ2v) is 22.3. The number of phosphoric ester groups is 1. The fraction of sp³-hybridized carbons (Fsp3) is 0.742. The molecule has 11 nitrogen and oxygen atoms in total. The molecule has 0 saturated carbocycles. The Balaban J connectivity index is 4.74. The van der Waals surface area contributed by atoms with Crippen LogP contribution < -0.4 is 0 Å². The van der Waals surface area contributed by atoms with Gasteiger partial charge in [0.25, 0.3) is 0 Å². The predicted molar refractivity (Wildman–Crippen MR) is 325 cm³/mol. The number of unbranched alkanes of at least 4 members (excludes halogenated alkanes) is 27. The van der Waals surface area contributed by atoms with E-state index in [9.17, 15) is 28.9 Å². The highest BCUT2D eigenvalue weighted by atomic mass is 31.2. The van der Waals surface area contributed by atoms with Crippen molar-refractivity contribution in [1.82, 2.24) is 0 Å². The minimum atomic E-state index is -4.77. The zero-order valence-electron chi connectivity index (χ0n) is 49.9. The number of aliphatic hydroxyl groups is 1. The van der Waals surface area contributed by atoms with Crippen molar-refractivity contribution < 1.29 is 52.2 Å². The Kier molecular flexibility index (Phi) is 57.2. The van der Waals surface area contributed by atoms with E-state index in [-0.39, 0.29) is 25.9 Å². The molecule has 0 radical (unpaired) electrons. The predicted octanol–water partition coefficient (Wildman–Crippen LogP) is 19.0. The first-order chi connectivity index (χ1) is 38.2. The molecule has 2 N–H and O–H groups in total. The van der Waals surface area contributed by atoms with Crippen LogP contribution in [-0.2, 0) is 42.2 Å². The quantitative estimate of drug-likeness (QED) is 0.0197. The lowest BCUT2D eigenvalue weighted by Crippen LogP contribution is -2.30. The number of hydrogen-bond acceptors (Lipinski definition) is 10. The van der Waals surface area contributed by atoms with Gasteiger partial charge in [-0.3, -0.25) is 23.4 Å². The molecule has 78 heavy (non-hydrogen) atoms. The molecule has 0 heterocycles. The monoisotopic (exact) mass is 1110 g/mol. The number of carbonyl (C=O) groups excluding carboxylic acids is 3. The van der Waals surface area contributed by atoms with Gasteiger partial charge in [0.2, 0.25) is 0 Å². The summed E-state index contributed by atoms with van der Waals surface area (Å²) >= 11 is 0. The van der Waals surface area contributed by atoms with E-state index in [1.807, 2.05) is 0 Å². The molecule has 0 aliphatic carbocycles. The zero-order valence-corrected chi connectivity index (χ0v) is 50.8. The van der Waals surface area contributed by atoms with Crippen LogP contribution in [0.4, 0.5) is 0 Å². The highest BCUT2D eigenvalue weighted by Gasteiger charge is 2.28. The molecule has 0 aliphatic heterocycles. The number of ether oxygens (including phenoxy) is 3. The van der Waals surface area contributed by atoms with Gasteiger partial charge in [0.1, 0.15) is 12.7 Å². The second-order valence-electron chi connectivity index (χ2n) is 20.8. The number of esters is 3. The van der Waals surface area contributed by atoms with Gasteiger partial charge in [0.15, 0.2) is 6.10 Å². The van der Waals surface area contributed by atoms with Crippen LogP contribution in [0.1, 0.15) is 278 Å². The molecule has 3 unspecified atom stereocenters. The third kappa shape index (κ3) is 57.3. The Labute approximate surface area is 477 Å². The van der Waals surface area contributed by atoms with Crippen molar-refractivity contribution in [2.45, 2.75) is 290 Å². The van der Waals surface area contributed by atoms with Gasteiger partial charge >= 0.3 is 25.7 Å². The lowest BCUT2D eigenvalue weighted by molar-refractivity contribution is -0.161. The topological polar surface area (TPSA) is 155 Å². The van der Waals surface area contributed by atoms with Crippen molar-refractivity contribution in [3.63, 3.8) is 0 Å². The number of allylic oxidation sites excluding steroid dienone is 14. The summed E-state index contributed by atoms with van der Waals surface area (Å²) in [4.78, 5) is 48.7. The number of phosphoric acid groups is 1. The Bertz CT molecular complexity index is 1630. The molecule has 3 atom stereocenters. The van der Waals surface area contributed by atoms with Crippen molar-refractivity contribution >= 4 is 25.7 Å². The van der Waals surface area contributed by atoms with Gasteiger partial charge in [-0.15, -0.1) is 0 Å². The number of aliphatic hydroxyl groups excluding tert-OH is 1. The number of carbonyl (C=O) groups is 3. The smallest absolute Gasteiger partial charge is 0.462 e. The molecule has 0 aromatic heterocycles. The first-order valence-electron chi connectivity index (χ1n) is 31.5. The summed E-state index contributed by atoms with van der Waals surface area (Å²) in [6, 6.07) is 0. The van der Waals surface area contributed by atoms with Crippen LogP contribution in [0, 0.1) is 0 Å². The molecule has 450 valence electrons. The van der Waals surface area contributed by atoms with Crippen molar-refractivity contribution in [2.24, 2.45) is 0 Å². The molecule has 0 aromatic rings. The van der Waals surface area contributed by atoms with Crippen molar-refractivity contribution in [2.75, 3.05) is 26.4 Å². The molecule has 0 saturated heterocycles. The van der Waals surface area contributed by atoms with Crippen LogP contribution in [0.25, 0.3) is 0 Å². The normalized spacial score (nSPS) is 13.9. The lowest BCUT2D eigenvalue weighted by atomic mass is 10.1. The van der Waals surface area contributed by atoms with Crippen LogP contribution in [0.15, 0.2) is 85.1 Å². The van der Waals surface area contributed by atoms with Gasteiger partial charge in [-0.25, -0.2) is 4.57 Å². The van der Waals surface area contributed by atoms with E-state index in [0.29, 0.717) is 19.3 Å². The summed E-state index contributed by atoms with van der Waals surface area (Å²) in [6.07, 6.45) is 69.6. The Morgan fingerprint density at radius 2 is 0.667 bits per heavy atom. The van der Waals surface area contributed by atoms with E-state index in [1.165, 1.54) is 122 Å². The van der Waals surface area contributed by atoms with Crippen LogP contribution in [-0.4, -0.2) is 66.5 Å². The third-order valence-corrected chi connectivity index (χ3v) is 14.2. The maximum Gasteiger partial charge on any atom is 0.472 e. The fourth-order valence-electron chi connectivity index (χ4n) is 8.49. The summed E-state index contributed by atoms with van der Waals surface area (Å²) in [5, 5.41) is 9.85. The molecule has 0 amide bonds. The Morgan fingerprint density at radius 3 is 1.09 bits per heavy atom. The SMILES string of the molecule is CC/C=C\C/C=C\C/C=C\C/C=C\CCCCC(=O)OCC(COP(=O)(O)OCC(CO)OC(=O)CCCCCCCCC/C=C\C/C=C\CCCCC)OC(=O)CCCCCCCCCCC/C=C\CCCCCCCC. The third-order valence-electron chi connectivity index (χ3n) is 13.3. The van der Waals surface area contributed by atoms with Gasteiger partial charge in [-0.2, -0.15) is 0 Å². The van der Waals surface area contributed by atoms with Crippen LogP contribution in [0.2, 0.25) is 0 Å². The number of rotatable bonds is 58. The van der Waals surface area contributed by atoms with Gasteiger partial charge in [-0.1, -0.05) is 228 Å². The van der Waals surface area contributed by atoms with Crippen LogP contribution in [0.5, 0.6) is 0 Å². The first kappa shape index (κ1) is 74.7. The van der Waals surface area contributed by atoms with Crippen molar-refractivity contribution in [3.8, 4) is 0 Å². The second kappa shape index (κ2) is 59.8. The summed E-state index contributed by atoms with van der Waals surface area (Å²) in [5.74, 6) is -1.52. The number of hydrogen-bond donors (Lipinski definition) is 2. The molecule has 0 aromatic carbocycles. The lowest BCUT2D eigenvalue weighted by Gasteiger charge is -2.21. The van der Waals surface area contributed by atoms with Gasteiger partial charge < -0.3 is 24.2 Å². The highest BCUT2D eigenvalue weighted by Crippen LogP contribution is 2.43. The largest absolute Gasteiger partial charge is 0.472 e. The van der Waals surface area contributed by atoms with Crippen molar-refractivity contribution in [1.29, 1.82) is 0 Å². The maximum atomic E-state index is 12.9. The standard InChI is InChI=1S/C66H115O11P/c1-4-7-10-13-16-19-22-25-28-30-31-33-36-39-42-45-48-51-54-57-66(70)77-63(59-73-64(68)55-52-49-46-43-40-37-34-27-24-21-18-15-12-9-6-3)61-75-78(71,72)74-60-62(58-67)76-65(69)56-53-50-47-44-41-38-35-32-29-26-23-20-17-14-11-8-5-2/h9,12,17-18,20-21,25-29,34,40,43,62-63,67H,4-8,10-11,13-16,19,22-24,30-33,35-39,41-42,44-61H2,1-3H3,(H,71,72)/b12-9-,20-17-,21-18-,28-25-,29-26-,34-27-,43-40-. The summed E-state index contributed by atoms with van der Waals surface area (Å²) in [5.41, 5.74) is 0. The highest BCUT2D eigenvalue weighted by molar-refractivity contribution is 7.47. The van der Waals surface area contributed by atoms with E-state index in [2.05, 4.69) is 106 Å². The van der Waals surface area contributed by atoms with Gasteiger partial charge in [0, 0.05) is 19.3 Å². The van der Waals surface area contributed by atoms with E-state index >= 15 is 0 Å². The molecule has 0 rings (SSSR count). The van der Waals surface area contributed by atoms with Gasteiger partial charge in [0.05, 0.1) is 19.8 Å². The molecule has 0 spiro atoms. The Hall–Kier alpha value is -3.34. The van der Waals surface area contributed by atoms with E-state index in [1.54, 1.807) is 0 Å². The molecular formula is C66H115O11P. The average Bonchev–Trinajstić information content (AvgIpc) is 3.43. The summed E-state index contributed by atoms with van der Waals surface area (Å²) < 4.78 is 39.6. The van der Waals surface area contributed by atoms with E-state index < -0.39 is 57.8 Å². The Morgan fingerprint density at radius 1 is 0.372 bits per heavy atom. The average molecular weight is 1120 g/mol. The zero-order chi connectivity index (χ0) is 56.9. The molecule has 0 fully saturated rings. The maximum absolute atomic E-state index is 12.9. The van der Waals surface area contributed by atoms with Crippen LogP contribution >= 0.6 is 7.82 Å². The fourth-order valence-corrected chi connectivity index (χ4v) is 9.27. The minimum absolute atomic E-state index is 0.154. The van der Waals surface area contributed by atoms with Gasteiger partial charge in [-0.05, 0) is 116 Å². The van der Waals surface area contributed by atoms with Crippen LogP contribution in [0.3, 0.4) is 0 Å². The van der Waals surface area contributed by atoms with Crippen molar-refractivity contribution in [3.05, 3.63) is 85.1 Å². The molecule has 12 heteroatoms. The summed E-state index contributed by atoms with van der Waals surface area (Å²) in [6.45, 7) is 4.47. The minimum Gasteiger partial charge on any atom is -0.462 e. The van der Waals surface area contributed by atoms with E-state index in [4.69, 9.17) is 23.3 Å². The first-order valence-corrected chi connectivity index (χ1v) is 33.0. The molecular weight excluding hydrogens is 1000 g/mol. The van der Waals surface area contributed by atoms with E-state index in [0.717, 1.165) is 96.3 Å².